The zero-order chi connectivity index (χ0) is 15.5. The highest BCUT2D eigenvalue weighted by molar-refractivity contribution is 7.90. The molecule has 2 saturated carbocycles. The Balaban J connectivity index is 2.08. The first-order valence-corrected chi connectivity index (χ1v) is 9.63. The van der Waals surface area contributed by atoms with Crippen LogP contribution in [0.25, 0.3) is 0 Å². The van der Waals surface area contributed by atoms with Gasteiger partial charge in [0.05, 0.1) is 18.3 Å². The molecule has 0 aromatic heterocycles. The minimum Gasteiger partial charge on any atom is -0.469 e. The quantitative estimate of drug-likeness (QED) is 0.789. The largest absolute Gasteiger partial charge is 0.469 e. The Labute approximate surface area is 127 Å². The Kier molecular flexibility index (Phi) is 5.66. The van der Waals surface area contributed by atoms with Crippen molar-refractivity contribution < 1.29 is 17.9 Å². The van der Waals surface area contributed by atoms with Gasteiger partial charge in [-0.1, -0.05) is 32.6 Å². The third-order valence-corrected chi connectivity index (χ3v) is 7.10. The van der Waals surface area contributed by atoms with Crippen LogP contribution >= 0.6 is 0 Å². The first-order valence-electron chi connectivity index (χ1n) is 8.08. The average molecular weight is 317 g/mol. The molecule has 2 aliphatic rings. The van der Waals surface area contributed by atoms with Crippen molar-refractivity contribution in [2.75, 3.05) is 7.11 Å². The van der Waals surface area contributed by atoms with Crippen LogP contribution in [-0.4, -0.2) is 32.8 Å². The molecule has 4 atom stereocenters. The van der Waals surface area contributed by atoms with Crippen molar-refractivity contribution in [2.24, 2.45) is 11.8 Å². The van der Waals surface area contributed by atoms with Crippen LogP contribution in [0.4, 0.5) is 0 Å². The zero-order valence-corrected chi connectivity index (χ0v) is 13.8. The standard InChI is InChI=1S/C15H27NO4S/c1-3-11-7-4-5-9-13(11)16-21(18,19)14-10-6-8-12(14)15(17)20-2/h11-14,16H,3-10H2,1-2H3. The van der Waals surface area contributed by atoms with Crippen LogP contribution < -0.4 is 4.72 Å². The van der Waals surface area contributed by atoms with Gasteiger partial charge in [0.2, 0.25) is 10.0 Å². The van der Waals surface area contributed by atoms with E-state index in [1.807, 2.05) is 0 Å². The molecule has 2 fully saturated rings. The van der Waals surface area contributed by atoms with E-state index in [1.54, 1.807) is 0 Å². The minimum absolute atomic E-state index is 0.0349. The van der Waals surface area contributed by atoms with Gasteiger partial charge in [0.15, 0.2) is 0 Å². The monoisotopic (exact) mass is 317 g/mol. The molecule has 4 unspecified atom stereocenters. The molecule has 0 saturated heterocycles. The Hall–Kier alpha value is -0.620. The van der Waals surface area contributed by atoms with Gasteiger partial charge in [0, 0.05) is 6.04 Å². The molecule has 0 aromatic rings. The molecule has 122 valence electrons. The van der Waals surface area contributed by atoms with Crippen molar-refractivity contribution in [2.45, 2.75) is 69.6 Å². The van der Waals surface area contributed by atoms with Gasteiger partial charge in [-0.05, 0) is 31.6 Å². The maximum absolute atomic E-state index is 12.7. The number of carbonyl (C=O) groups excluding carboxylic acids is 1. The molecule has 0 aliphatic heterocycles. The van der Waals surface area contributed by atoms with Gasteiger partial charge < -0.3 is 4.74 Å². The Bertz CT molecular complexity index is 462. The number of esters is 1. The first-order chi connectivity index (χ1) is 9.99. The number of methoxy groups -OCH3 is 1. The van der Waals surface area contributed by atoms with Crippen LogP contribution in [0.5, 0.6) is 0 Å². The average Bonchev–Trinajstić information content (AvgIpc) is 2.97. The van der Waals surface area contributed by atoms with Crippen LogP contribution in [0, 0.1) is 11.8 Å². The molecule has 0 heterocycles. The van der Waals surface area contributed by atoms with Gasteiger partial charge in [-0.25, -0.2) is 13.1 Å². The lowest BCUT2D eigenvalue weighted by Gasteiger charge is -2.32. The van der Waals surface area contributed by atoms with E-state index in [9.17, 15) is 13.2 Å². The first kappa shape index (κ1) is 16.7. The molecule has 6 heteroatoms. The van der Waals surface area contributed by atoms with Crippen LogP contribution in [-0.2, 0) is 19.6 Å². The topological polar surface area (TPSA) is 72.5 Å². The summed E-state index contributed by atoms with van der Waals surface area (Å²) in [6.07, 6.45) is 7.20. The van der Waals surface area contributed by atoms with Crippen molar-refractivity contribution in [3.63, 3.8) is 0 Å². The summed E-state index contributed by atoms with van der Waals surface area (Å²) in [7, 11) is -2.13. The van der Waals surface area contributed by atoms with Crippen LogP contribution in [0.2, 0.25) is 0 Å². The summed E-state index contributed by atoms with van der Waals surface area (Å²) in [5.74, 6) is -0.471. The molecular weight excluding hydrogens is 290 g/mol. The second-order valence-electron chi connectivity index (χ2n) is 6.32. The third-order valence-electron chi connectivity index (χ3n) is 5.10. The summed E-state index contributed by atoms with van der Waals surface area (Å²) in [4.78, 5) is 11.8. The van der Waals surface area contributed by atoms with E-state index < -0.39 is 27.2 Å². The fourth-order valence-electron chi connectivity index (χ4n) is 3.87. The van der Waals surface area contributed by atoms with Crippen molar-refractivity contribution in [3.8, 4) is 0 Å². The molecule has 2 rings (SSSR count). The highest BCUT2D eigenvalue weighted by Crippen LogP contribution is 2.33. The predicted molar refractivity (Wildman–Crippen MR) is 81.2 cm³/mol. The van der Waals surface area contributed by atoms with Crippen LogP contribution in [0.15, 0.2) is 0 Å². The van der Waals surface area contributed by atoms with E-state index in [0.29, 0.717) is 18.8 Å². The fourth-order valence-corrected chi connectivity index (χ4v) is 5.93. The molecule has 21 heavy (non-hydrogen) atoms. The number of nitrogens with one attached hydrogen (secondary N) is 1. The lowest BCUT2D eigenvalue weighted by Crippen LogP contribution is -2.47. The lowest BCUT2D eigenvalue weighted by atomic mass is 9.83. The Morgan fingerprint density at radius 1 is 1.14 bits per heavy atom. The van der Waals surface area contributed by atoms with Crippen LogP contribution in [0.1, 0.15) is 58.3 Å². The molecule has 5 nitrogen and oxygen atoms in total. The Morgan fingerprint density at radius 2 is 1.86 bits per heavy atom. The molecule has 1 N–H and O–H groups in total. The lowest BCUT2D eigenvalue weighted by molar-refractivity contribution is -0.145. The summed E-state index contributed by atoms with van der Waals surface area (Å²) in [5, 5.41) is -0.621. The minimum atomic E-state index is -3.46. The fraction of sp³-hybridized carbons (Fsp3) is 0.933. The summed E-state index contributed by atoms with van der Waals surface area (Å²) < 4.78 is 33.0. The maximum Gasteiger partial charge on any atom is 0.310 e. The number of rotatable bonds is 5. The summed E-state index contributed by atoms with van der Waals surface area (Å²) in [6.45, 7) is 2.12. The summed E-state index contributed by atoms with van der Waals surface area (Å²) in [6, 6.07) is 0.0349. The van der Waals surface area contributed by atoms with Gasteiger partial charge in [-0.2, -0.15) is 0 Å². The molecule has 0 aromatic carbocycles. The van der Waals surface area contributed by atoms with Crippen molar-refractivity contribution in [1.29, 1.82) is 0 Å². The summed E-state index contributed by atoms with van der Waals surface area (Å²) >= 11 is 0. The van der Waals surface area contributed by atoms with Gasteiger partial charge in [0.1, 0.15) is 0 Å². The van der Waals surface area contributed by atoms with Gasteiger partial charge >= 0.3 is 5.97 Å². The zero-order valence-electron chi connectivity index (χ0n) is 13.0. The number of ether oxygens (including phenoxy) is 1. The summed E-state index contributed by atoms with van der Waals surface area (Å²) in [5.41, 5.74) is 0. The van der Waals surface area contributed by atoms with Gasteiger partial charge in [-0.3, -0.25) is 4.79 Å². The molecule has 0 amide bonds. The maximum atomic E-state index is 12.7. The number of sulfonamides is 1. The SMILES string of the molecule is CCC1CCCCC1NS(=O)(=O)C1CCCC1C(=O)OC. The third kappa shape index (κ3) is 3.77. The molecular formula is C15H27NO4S. The second kappa shape index (κ2) is 7.09. The van der Waals surface area contributed by atoms with Gasteiger partial charge in [0.25, 0.3) is 0 Å². The van der Waals surface area contributed by atoms with E-state index >= 15 is 0 Å². The smallest absolute Gasteiger partial charge is 0.310 e. The van der Waals surface area contributed by atoms with Gasteiger partial charge in [-0.15, -0.1) is 0 Å². The van der Waals surface area contributed by atoms with Crippen molar-refractivity contribution in [1.82, 2.24) is 4.72 Å². The Morgan fingerprint density at radius 3 is 2.52 bits per heavy atom. The molecule has 0 radical (unpaired) electrons. The van der Waals surface area contributed by atoms with Crippen LogP contribution in [0.3, 0.4) is 0 Å². The second-order valence-corrected chi connectivity index (χ2v) is 8.25. The number of hydrogen-bond acceptors (Lipinski definition) is 4. The molecule has 0 spiro atoms. The van der Waals surface area contributed by atoms with E-state index in [1.165, 1.54) is 13.5 Å². The van der Waals surface area contributed by atoms with E-state index in [-0.39, 0.29) is 6.04 Å². The van der Waals surface area contributed by atoms with Crippen molar-refractivity contribution in [3.05, 3.63) is 0 Å². The highest BCUT2D eigenvalue weighted by Gasteiger charge is 2.43. The number of carbonyl (C=O) groups is 1. The molecule has 2 aliphatic carbocycles. The number of hydrogen-bond donors (Lipinski definition) is 1. The molecule has 0 bridgehead atoms. The van der Waals surface area contributed by atoms with Crippen molar-refractivity contribution >= 4 is 16.0 Å². The van der Waals surface area contributed by atoms with E-state index in [4.69, 9.17) is 4.74 Å². The normalized spacial score (nSPS) is 33.8. The highest BCUT2D eigenvalue weighted by atomic mass is 32.2. The van der Waals surface area contributed by atoms with E-state index in [2.05, 4.69) is 11.6 Å². The van der Waals surface area contributed by atoms with E-state index in [0.717, 1.165) is 32.1 Å². The predicted octanol–water partition coefficient (Wildman–Crippen LogP) is 2.22.